The number of benzene rings is 2. The van der Waals surface area contributed by atoms with Crippen molar-refractivity contribution in [3.63, 3.8) is 0 Å². The minimum Gasteiger partial charge on any atom is -0.453 e. The number of hydrogen-bond donors (Lipinski definition) is 0. The van der Waals surface area contributed by atoms with Crippen LogP contribution in [0.1, 0.15) is 44.9 Å². The summed E-state index contributed by atoms with van der Waals surface area (Å²) < 4.78 is 5.19. The summed E-state index contributed by atoms with van der Waals surface area (Å²) in [4.78, 5) is 51.3. The summed E-state index contributed by atoms with van der Waals surface area (Å²) in [6, 6.07) is 6.90. The summed E-state index contributed by atoms with van der Waals surface area (Å²) in [6.07, 6.45) is -1.13. The van der Waals surface area contributed by atoms with Crippen molar-refractivity contribution in [2.45, 2.75) is 26.0 Å². The molecule has 0 radical (unpaired) electrons. The highest BCUT2D eigenvalue weighted by molar-refractivity contribution is 6.55. The van der Waals surface area contributed by atoms with Crippen LogP contribution in [-0.4, -0.2) is 40.6 Å². The van der Waals surface area contributed by atoms with Gasteiger partial charge in [0.25, 0.3) is 11.8 Å². The van der Waals surface area contributed by atoms with Crippen molar-refractivity contribution >= 4 is 70.0 Å². The largest absolute Gasteiger partial charge is 0.453 e. The van der Waals surface area contributed by atoms with Crippen LogP contribution in [0.3, 0.4) is 0 Å². The number of nitrogens with zero attached hydrogens (tertiary/aromatic N) is 1. The molecule has 0 fully saturated rings. The lowest BCUT2D eigenvalue weighted by Gasteiger charge is -2.22. The molecule has 0 saturated heterocycles. The molecule has 2 aromatic carbocycles. The number of esters is 1. The molecule has 10 heteroatoms. The molecule has 2 aromatic rings. The van der Waals surface area contributed by atoms with Crippen molar-refractivity contribution in [1.29, 1.82) is 0 Å². The topological polar surface area (TPSA) is 80.8 Å². The Balaban J connectivity index is 1.84. The molecule has 0 N–H and O–H groups in total. The Morgan fingerprint density at radius 2 is 1.30 bits per heavy atom. The van der Waals surface area contributed by atoms with Gasteiger partial charge in [0.2, 0.25) is 5.78 Å². The molecule has 0 spiro atoms. The number of imide groups is 1. The molecule has 0 bridgehead atoms. The second-order valence-corrected chi connectivity index (χ2v) is 7.98. The fourth-order valence-corrected chi connectivity index (χ4v) is 4.00. The van der Waals surface area contributed by atoms with Gasteiger partial charge < -0.3 is 4.74 Å². The van der Waals surface area contributed by atoms with Crippen molar-refractivity contribution in [3.8, 4) is 0 Å². The van der Waals surface area contributed by atoms with Gasteiger partial charge >= 0.3 is 5.97 Å². The molecular formula is C20H13Cl4NO5. The third kappa shape index (κ3) is 3.69. The van der Waals surface area contributed by atoms with Gasteiger partial charge in [-0.3, -0.25) is 19.3 Å². The number of rotatable bonds is 5. The summed E-state index contributed by atoms with van der Waals surface area (Å²) in [7, 11) is 0. The molecule has 2 amide bonds. The Morgan fingerprint density at radius 3 is 1.77 bits per heavy atom. The van der Waals surface area contributed by atoms with Gasteiger partial charge in [-0.15, -0.1) is 0 Å². The van der Waals surface area contributed by atoms with Crippen molar-refractivity contribution in [1.82, 2.24) is 4.90 Å². The molecule has 3 rings (SSSR count). The van der Waals surface area contributed by atoms with Crippen molar-refractivity contribution in [2.75, 3.05) is 0 Å². The maximum absolute atomic E-state index is 12.8. The monoisotopic (exact) mass is 487 g/mol. The molecule has 0 saturated carbocycles. The van der Waals surface area contributed by atoms with E-state index in [-0.39, 0.29) is 31.2 Å². The maximum Gasteiger partial charge on any atom is 0.329 e. The van der Waals surface area contributed by atoms with Gasteiger partial charge in [0.05, 0.1) is 31.2 Å². The van der Waals surface area contributed by atoms with E-state index in [1.165, 1.54) is 13.8 Å². The molecule has 1 aliphatic rings. The second-order valence-electron chi connectivity index (χ2n) is 6.47. The Morgan fingerprint density at radius 1 is 0.833 bits per heavy atom. The van der Waals surface area contributed by atoms with Crippen molar-refractivity contribution < 1.29 is 23.9 Å². The van der Waals surface area contributed by atoms with E-state index >= 15 is 0 Å². The van der Waals surface area contributed by atoms with Crippen molar-refractivity contribution in [3.05, 3.63) is 67.1 Å². The smallest absolute Gasteiger partial charge is 0.329 e. The molecule has 156 valence electrons. The number of carbonyl (C=O) groups excluding carboxylic acids is 4. The quantitative estimate of drug-likeness (QED) is 0.192. The van der Waals surface area contributed by atoms with Gasteiger partial charge in [-0.25, -0.2) is 4.79 Å². The van der Waals surface area contributed by atoms with Crippen LogP contribution in [0.4, 0.5) is 0 Å². The molecule has 1 aliphatic heterocycles. The first kappa shape index (κ1) is 22.6. The van der Waals surface area contributed by atoms with Gasteiger partial charge in [0, 0.05) is 5.56 Å². The zero-order chi connectivity index (χ0) is 22.3. The van der Waals surface area contributed by atoms with Crippen LogP contribution in [0.2, 0.25) is 20.1 Å². The summed E-state index contributed by atoms with van der Waals surface area (Å²) in [6.45, 7) is 2.68. The number of hydrogen-bond acceptors (Lipinski definition) is 5. The molecule has 2 atom stereocenters. The fourth-order valence-electron chi connectivity index (χ4n) is 2.99. The molecule has 0 unspecified atom stereocenters. The number of halogens is 4. The van der Waals surface area contributed by atoms with Crippen LogP contribution in [-0.2, 0) is 9.53 Å². The predicted octanol–water partition coefficient (Wildman–Crippen LogP) is 5.10. The zero-order valence-corrected chi connectivity index (χ0v) is 18.6. The first-order chi connectivity index (χ1) is 14.1. The van der Waals surface area contributed by atoms with E-state index < -0.39 is 35.7 Å². The van der Waals surface area contributed by atoms with Gasteiger partial charge in [-0.05, 0) is 13.8 Å². The molecule has 0 aromatic heterocycles. The highest BCUT2D eigenvalue weighted by Crippen LogP contribution is 2.45. The van der Waals surface area contributed by atoms with Crippen LogP contribution in [0.15, 0.2) is 30.3 Å². The average molecular weight is 489 g/mol. The van der Waals surface area contributed by atoms with E-state index in [4.69, 9.17) is 51.1 Å². The third-order valence-electron chi connectivity index (χ3n) is 4.58. The van der Waals surface area contributed by atoms with E-state index in [0.29, 0.717) is 10.5 Å². The molecule has 1 heterocycles. The number of ether oxygens (including phenoxy) is 1. The number of fused-ring (bicyclic) bond motifs is 1. The first-order valence-corrected chi connectivity index (χ1v) is 10.1. The van der Waals surface area contributed by atoms with E-state index in [1.807, 2.05) is 0 Å². The van der Waals surface area contributed by atoms with Crippen LogP contribution in [0.5, 0.6) is 0 Å². The standard InChI is InChI=1S/C20H13Cl4NO5/c1-8(20(29)30-9(2)17(26)10-6-4-3-5-7-10)25-18(27)11-12(19(25)28)14(22)16(24)15(23)13(11)21/h3-9H,1-2H3/t8-,9-/m0/s1. The molecular weight excluding hydrogens is 476 g/mol. The van der Waals surface area contributed by atoms with E-state index in [1.54, 1.807) is 30.3 Å². The second kappa shape index (κ2) is 8.55. The Bertz CT molecular complexity index is 1040. The Hall–Kier alpha value is -2.12. The SMILES string of the molecule is C[C@H](OC(=O)[C@H](C)N1C(=O)c2c(Cl)c(Cl)c(Cl)c(Cl)c2C1=O)C(=O)c1ccccc1. The zero-order valence-electron chi connectivity index (χ0n) is 15.5. The van der Waals surface area contributed by atoms with E-state index in [2.05, 4.69) is 0 Å². The minimum absolute atomic E-state index is 0.178. The first-order valence-electron chi connectivity index (χ1n) is 8.61. The van der Waals surface area contributed by atoms with E-state index in [0.717, 1.165) is 0 Å². The van der Waals surface area contributed by atoms with Gasteiger partial charge in [-0.2, -0.15) is 0 Å². The highest BCUT2D eigenvalue weighted by Gasteiger charge is 2.46. The molecule has 6 nitrogen and oxygen atoms in total. The number of amides is 2. The van der Waals surface area contributed by atoms with Crippen LogP contribution < -0.4 is 0 Å². The Kier molecular flexibility index (Phi) is 6.43. The maximum atomic E-state index is 12.8. The summed E-state index contributed by atoms with van der Waals surface area (Å²) in [5, 5.41) is -0.838. The number of Topliss-reactive ketones (excluding diaryl/α,β-unsaturated/α-hetero) is 1. The highest BCUT2D eigenvalue weighted by atomic mass is 35.5. The number of carbonyl (C=O) groups is 4. The lowest BCUT2D eigenvalue weighted by atomic mass is 10.1. The predicted molar refractivity (Wildman–Crippen MR) is 113 cm³/mol. The number of ketones is 1. The third-order valence-corrected chi connectivity index (χ3v) is 6.38. The molecule has 30 heavy (non-hydrogen) atoms. The molecule has 0 aliphatic carbocycles. The fraction of sp³-hybridized carbons (Fsp3) is 0.200. The summed E-state index contributed by atoms with van der Waals surface area (Å²) >= 11 is 24.1. The summed E-state index contributed by atoms with van der Waals surface area (Å²) in [5.74, 6) is -3.12. The van der Waals surface area contributed by atoms with Crippen LogP contribution in [0, 0.1) is 0 Å². The van der Waals surface area contributed by atoms with E-state index in [9.17, 15) is 19.2 Å². The van der Waals surface area contributed by atoms with Gasteiger partial charge in [0.15, 0.2) is 6.10 Å². The average Bonchev–Trinajstić information content (AvgIpc) is 3.00. The lowest BCUT2D eigenvalue weighted by molar-refractivity contribution is -0.150. The normalized spacial score (nSPS) is 15.1. The lowest BCUT2D eigenvalue weighted by Crippen LogP contribution is -2.45. The van der Waals surface area contributed by atoms with Crippen LogP contribution >= 0.6 is 46.4 Å². The van der Waals surface area contributed by atoms with Gasteiger partial charge in [0.1, 0.15) is 6.04 Å². The summed E-state index contributed by atoms with van der Waals surface area (Å²) in [5.41, 5.74) is -0.128. The van der Waals surface area contributed by atoms with Gasteiger partial charge in [-0.1, -0.05) is 76.7 Å². The van der Waals surface area contributed by atoms with Crippen molar-refractivity contribution in [2.24, 2.45) is 0 Å². The minimum atomic E-state index is -1.35. The van der Waals surface area contributed by atoms with Crippen LogP contribution in [0.25, 0.3) is 0 Å². The Labute approximate surface area is 191 Å².